The number of aromatic nitrogens is 2. The van der Waals surface area contributed by atoms with Crippen molar-refractivity contribution < 1.29 is 18.7 Å². The summed E-state index contributed by atoms with van der Waals surface area (Å²) in [4.78, 5) is 23.4. The normalized spacial score (nSPS) is 17.0. The second-order valence-corrected chi connectivity index (χ2v) is 8.98. The lowest BCUT2D eigenvalue weighted by Crippen LogP contribution is -2.49. The number of likely N-dealkylation sites (tertiary alicyclic amines) is 1. The van der Waals surface area contributed by atoms with Gasteiger partial charge in [0, 0.05) is 23.7 Å². The minimum absolute atomic E-state index is 0.114. The van der Waals surface area contributed by atoms with Crippen LogP contribution in [0.4, 0.5) is 5.82 Å². The van der Waals surface area contributed by atoms with Gasteiger partial charge in [0.2, 0.25) is 5.71 Å². The van der Waals surface area contributed by atoms with E-state index in [1.807, 2.05) is 61.5 Å². The van der Waals surface area contributed by atoms with Crippen molar-refractivity contribution in [2.24, 2.45) is 0 Å². The molecule has 1 aliphatic rings. The van der Waals surface area contributed by atoms with Gasteiger partial charge in [-0.15, -0.1) is 0 Å². The van der Waals surface area contributed by atoms with E-state index in [1.165, 1.54) is 13.4 Å². The molecule has 1 saturated heterocycles. The van der Waals surface area contributed by atoms with Crippen LogP contribution in [0.3, 0.4) is 0 Å². The van der Waals surface area contributed by atoms with E-state index in [0.717, 1.165) is 53.0 Å². The van der Waals surface area contributed by atoms with Crippen molar-refractivity contribution in [2.75, 3.05) is 32.6 Å². The van der Waals surface area contributed by atoms with Gasteiger partial charge < -0.3 is 19.2 Å². The minimum Gasteiger partial charge on any atom is -0.497 e. The zero-order chi connectivity index (χ0) is 25.1. The lowest BCUT2D eigenvalue weighted by Gasteiger charge is -2.36. The summed E-state index contributed by atoms with van der Waals surface area (Å²) < 4.78 is 16.7. The number of hydrogen-bond acceptors (Lipinski definition) is 8. The van der Waals surface area contributed by atoms with E-state index in [4.69, 9.17) is 13.9 Å². The predicted molar refractivity (Wildman–Crippen MR) is 139 cm³/mol. The van der Waals surface area contributed by atoms with Gasteiger partial charge in [-0.25, -0.2) is 9.97 Å². The summed E-state index contributed by atoms with van der Waals surface area (Å²) in [6.45, 7) is 3.46. The lowest BCUT2D eigenvalue weighted by molar-refractivity contribution is -0.146. The molecule has 4 aromatic rings. The van der Waals surface area contributed by atoms with Gasteiger partial charge in [0.1, 0.15) is 29.7 Å². The number of rotatable bonds is 7. The van der Waals surface area contributed by atoms with E-state index < -0.39 is 0 Å². The first kappa shape index (κ1) is 23.8. The highest BCUT2D eigenvalue weighted by atomic mass is 16.5. The number of piperidine rings is 1. The molecule has 2 atom stereocenters. The maximum absolute atomic E-state index is 12.1. The van der Waals surface area contributed by atoms with E-state index in [2.05, 4.69) is 20.2 Å². The van der Waals surface area contributed by atoms with Gasteiger partial charge in [0.15, 0.2) is 0 Å². The Morgan fingerprint density at radius 2 is 1.86 bits per heavy atom. The van der Waals surface area contributed by atoms with E-state index in [0.29, 0.717) is 18.1 Å². The van der Waals surface area contributed by atoms with Gasteiger partial charge in [-0.05, 0) is 44.0 Å². The van der Waals surface area contributed by atoms with Gasteiger partial charge in [0.25, 0.3) is 0 Å². The smallest absolute Gasteiger partial charge is 0.322 e. The first-order valence-electron chi connectivity index (χ1n) is 12.1. The third-order valence-electron chi connectivity index (χ3n) is 6.79. The zero-order valence-corrected chi connectivity index (χ0v) is 20.7. The minimum atomic E-state index is -0.293. The Balaban J connectivity index is 1.56. The van der Waals surface area contributed by atoms with Gasteiger partial charge in [-0.3, -0.25) is 9.69 Å². The first-order chi connectivity index (χ1) is 17.6. The molecule has 2 aromatic carbocycles. The molecule has 36 heavy (non-hydrogen) atoms. The number of benzene rings is 2. The Hall–Kier alpha value is -3.91. The number of anilines is 1. The molecule has 8 nitrogen and oxygen atoms in total. The maximum atomic E-state index is 12.1. The van der Waals surface area contributed by atoms with Crippen LogP contribution >= 0.6 is 0 Å². The molecule has 0 spiro atoms. The number of furan rings is 1. The quantitative estimate of drug-likeness (QED) is 0.365. The molecule has 0 bridgehead atoms. The second-order valence-electron chi connectivity index (χ2n) is 8.98. The van der Waals surface area contributed by atoms with Crippen LogP contribution in [0.5, 0.6) is 5.75 Å². The number of methoxy groups -OCH3 is 2. The Morgan fingerprint density at radius 3 is 2.58 bits per heavy atom. The fourth-order valence-electron chi connectivity index (χ4n) is 4.86. The topological polar surface area (TPSA) is 89.7 Å². The Kier molecular flexibility index (Phi) is 6.86. The monoisotopic (exact) mass is 486 g/mol. The van der Waals surface area contributed by atoms with Gasteiger partial charge in [-0.2, -0.15) is 0 Å². The standard InChI is InChI=1S/C28H30N4O4/c1-18(28(33)35-3)32-15-7-10-21(16-32)31-26-24-23(19-11-13-22(34-2)14-12-19)25(20-8-5-4-6-9-20)36-27(24)30-17-29-26/h4-6,8-9,11-14,17-18,21H,7,10,15-16H2,1-3H3,(H,29,30,31). The Morgan fingerprint density at radius 1 is 1.08 bits per heavy atom. The molecular weight excluding hydrogens is 456 g/mol. The molecular formula is C28H30N4O4. The van der Waals surface area contributed by atoms with Crippen molar-refractivity contribution in [3.63, 3.8) is 0 Å². The third kappa shape index (κ3) is 4.64. The fourth-order valence-corrected chi connectivity index (χ4v) is 4.86. The van der Waals surface area contributed by atoms with Crippen LogP contribution in [0.25, 0.3) is 33.6 Å². The molecule has 0 amide bonds. The fraction of sp³-hybridized carbons (Fsp3) is 0.321. The van der Waals surface area contributed by atoms with Gasteiger partial charge >= 0.3 is 5.97 Å². The molecule has 2 unspecified atom stereocenters. The largest absolute Gasteiger partial charge is 0.497 e. The van der Waals surface area contributed by atoms with Crippen LogP contribution in [-0.4, -0.2) is 60.2 Å². The van der Waals surface area contributed by atoms with E-state index in [1.54, 1.807) is 7.11 Å². The molecule has 5 rings (SSSR count). The second kappa shape index (κ2) is 10.4. The average molecular weight is 487 g/mol. The van der Waals surface area contributed by atoms with E-state index in [9.17, 15) is 4.79 Å². The number of ether oxygens (including phenoxy) is 2. The summed E-state index contributed by atoms with van der Waals surface area (Å²) in [6, 6.07) is 17.8. The lowest BCUT2D eigenvalue weighted by atomic mass is 9.98. The molecule has 0 saturated carbocycles. The molecule has 1 N–H and O–H groups in total. The highest BCUT2D eigenvalue weighted by molar-refractivity contribution is 6.05. The molecule has 186 valence electrons. The Bertz CT molecular complexity index is 1340. The van der Waals surface area contributed by atoms with Crippen molar-refractivity contribution in [3.05, 3.63) is 60.9 Å². The van der Waals surface area contributed by atoms with E-state index >= 15 is 0 Å². The van der Waals surface area contributed by atoms with Crippen molar-refractivity contribution in [1.29, 1.82) is 0 Å². The average Bonchev–Trinajstić information content (AvgIpc) is 3.33. The molecule has 3 heterocycles. The molecule has 8 heteroatoms. The third-order valence-corrected chi connectivity index (χ3v) is 6.79. The Labute approximate surface area is 210 Å². The summed E-state index contributed by atoms with van der Waals surface area (Å²) in [7, 11) is 3.09. The van der Waals surface area contributed by atoms with Crippen LogP contribution in [-0.2, 0) is 9.53 Å². The van der Waals surface area contributed by atoms with Crippen molar-refractivity contribution in [3.8, 4) is 28.2 Å². The maximum Gasteiger partial charge on any atom is 0.322 e. The van der Waals surface area contributed by atoms with Crippen molar-refractivity contribution in [1.82, 2.24) is 14.9 Å². The van der Waals surface area contributed by atoms with Crippen LogP contribution in [0, 0.1) is 0 Å². The molecule has 2 aromatic heterocycles. The molecule has 0 aliphatic carbocycles. The summed E-state index contributed by atoms with van der Waals surface area (Å²) >= 11 is 0. The van der Waals surface area contributed by atoms with Crippen molar-refractivity contribution in [2.45, 2.75) is 31.8 Å². The number of nitrogens with one attached hydrogen (secondary N) is 1. The molecule has 1 fully saturated rings. The number of esters is 1. The number of hydrogen-bond donors (Lipinski definition) is 1. The number of nitrogens with zero attached hydrogens (tertiary/aromatic N) is 3. The summed E-state index contributed by atoms with van der Waals surface area (Å²) in [6.07, 6.45) is 3.47. The predicted octanol–water partition coefficient (Wildman–Crippen LogP) is 5.00. The number of carbonyl (C=O) groups excluding carboxylic acids is 1. The zero-order valence-electron chi connectivity index (χ0n) is 20.7. The van der Waals surface area contributed by atoms with Crippen LogP contribution in [0.2, 0.25) is 0 Å². The molecule has 0 radical (unpaired) electrons. The number of carbonyl (C=O) groups is 1. The van der Waals surface area contributed by atoms with Crippen LogP contribution in [0.1, 0.15) is 19.8 Å². The molecule has 1 aliphatic heterocycles. The van der Waals surface area contributed by atoms with Crippen molar-refractivity contribution >= 4 is 22.9 Å². The van der Waals surface area contributed by atoms with E-state index in [-0.39, 0.29) is 18.1 Å². The van der Waals surface area contributed by atoms with Crippen LogP contribution < -0.4 is 10.1 Å². The van der Waals surface area contributed by atoms with Gasteiger partial charge in [0.05, 0.1) is 19.6 Å². The SMILES string of the molecule is COC(=O)C(C)N1CCCC(Nc2ncnc3oc(-c4ccccc4)c(-c4ccc(OC)cc4)c23)C1. The number of fused-ring (bicyclic) bond motifs is 1. The highest BCUT2D eigenvalue weighted by Crippen LogP contribution is 2.43. The summed E-state index contributed by atoms with van der Waals surface area (Å²) in [5, 5.41) is 4.47. The van der Waals surface area contributed by atoms with Gasteiger partial charge in [-0.1, -0.05) is 42.5 Å². The highest BCUT2D eigenvalue weighted by Gasteiger charge is 2.29. The summed E-state index contributed by atoms with van der Waals surface area (Å²) in [5.41, 5.74) is 3.39. The van der Waals surface area contributed by atoms with Crippen LogP contribution in [0.15, 0.2) is 65.3 Å². The summed E-state index contributed by atoms with van der Waals surface area (Å²) in [5.74, 6) is 2.02. The first-order valence-corrected chi connectivity index (χ1v) is 12.1.